The maximum Gasteiger partial charge on any atom is 0.243 e. The summed E-state index contributed by atoms with van der Waals surface area (Å²) in [6.45, 7) is 6.13. The van der Waals surface area contributed by atoms with E-state index in [4.69, 9.17) is 0 Å². The van der Waals surface area contributed by atoms with Crippen LogP contribution in [-0.2, 0) is 11.2 Å². The minimum absolute atomic E-state index is 0.0369. The number of benzene rings is 1. The van der Waals surface area contributed by atoms with Crippen LogP contribution in [0.1, 0.15) is 26.3 Å². The smallest absolute Gasteiger partial charge is 0.243 e. The molecule has 3 N–H and O–H groups in total. The van der Waals surface area contributed by atoms with E-state index in [2.05, 4.69) is 42.0 Å². The van der Waals surface area contributed by atoms with Crippen LogP contribution in [0, 0.1) is 5.41 Å². The molecule has 0 radical (unpaired) electrons. The summed E-state index contributed by atoms with van der Waals surface area (Å²) in [4.78, 5) is 18.2. The number of aromatic nitrogens is 1. The van der Waals surface area contributed by atoms with Gasteiger partial charge in [0.2, 0.25) is 5.91 Å². The molecule has 1 aliphatic heterocycles. The van der Waals surface area contributed by atoms with Gasteiger partial charge in [0.1, 0.15) is 6.04 Å². The monoisotopic (exact) mass is 315 g/mol. The Hall–Kier alpha value is -2.01. The maximum absolute atomic E-state index is 12.9. The van der Waals surface area contributed by atoms with Gasteiger partial charge in [0.25, 0.3) is 0 Å². The van der Waals surface area contributed by atoms with Crippen LogP contribution in [-0.4, -0.2) is 41.7 Å². The van der Waals surface area contributed by atoms with E-state index in [1.807, 2.05) is 25.4 Å². The van der Waals surface area contributed by atoms with Crippen molar-refractivity contribution in [2.45, 2.75) is 39.3 Å². The van der Waals surface area contributed by atoms with Gasteiger partial charge in [-0.05, 0) is 29.5 Å². The molecule has 0 fully saturated rings. The van der Waals surface area contributed by atoms with Gasteiger partial charge in [0.15, 0.2) is 0 Å². The largest absolute Gasteiger partial charge is 0.394 e. The van der Waals surface area contributed by atoms with Gasteiger partial charge in [-0.2, -0.15) is 0 Å². The Kier molecular flexibility index (Phi) is 3.84. The number of aliphatic hydroxyl groups is 1. The molecule has 1 aromatic heterocycles. The van der Waals surface area contributed by atoms with Gasteiger partial charge in [0, 0.05) is 29.8 Å². The predicted molar refractivity (Wildman–Crippen MR) is 92.7 cm³/mol. The van der Waals surface area contributed by atoms with Crippen LogP contribution in [0.3, 0.4) is 0 Å². The number of aromatic amines is 1. The number of nitrogens with zero attached hydrogens (tertiary/aromatic N) is 1. The highest BCUT2D eigenvalue weighted by Crippen LogP contribution is 2.35. The average molecular weight is 315 g/mol. The fourth-order valence-electron chi connectivity index (χ4n) is 3.69. The lowest BCUT2D eigenvalue weighted by atomic mass is 9.84. The zero-order valence-electron chi connectivity index (χ0n) is 14.2. The van der Waals surface area contributed by atoms with Crippen molar-refractivity contribution in [1.82, 2.24) is 10.3 Å². The SMILES string of the molecule is CN1c2cccc3[nH]cc(c23)C[C@@H](CO)NC(=O)[C@@H]1C(C)(C)C. The normalized spacial score (nSPS) is 22.5. The zero-order valence-corrected chi connectivity index (χ0v) is 14.2. The molecule has 2 aromatic rings. The molecule has 0 aliphatic carbocycles. The van der Waals surface area contributed by atoms with Crippen LogP contribution in [0.25, 0.3) is 10.9 Å². The number of amides is 1. The Morgan fingerprint density at radius 2 is 2.09 bits per heavy atom. The highest BCUT2D eigenvalue weighted by molar-refractivity contribution is 5.98. The van der Waals surface area contributed by atoms with Crippen LogP contribution >= 0.6 is 0 Å². The van der Waals surface area contributed by atoms with E-state index in [-0.39, 0.29) is 30.0 Å². The summed E-state index contributed by atoms with van der Waals surface area (Å²) in [5, 5.41) is 13.8. The topological polar surface area (TPSA) is 68.4 Å². The number of nitrogens with one attached hydrogen (secondary N) is 2. The number of carbonyl (C=O) groups excluding carboxylic acids is 1. The number of aliphatic hydroxyl groups excluding tert-OH is 1. The molecule has 124 valence electrons. The first-order chi connectivity index (χ1) is 10.8. The molecule has 0 unspecified atom stereocenters. The molecule has 2 atom stereocenters. The zero-order chi connectivity index (χ0) is 16.8. The number of hydrogen-bond donors (Lipinski definition) is 3. The molecule has 5 nitrogen and oxygen atoms in total. The number of likely N-dealkylation sites (N-methyl/N-ethyl adjacent to an activating group) is 1. The van der Waals surface area contributed by atoms with Crippen molar-refractivity contribution in [1.29, 1.82) is 0 Å². The Morgan fingerprint density at radius 1 is 1.35 bits per heavy atom. The first-order valence-electron chi connectivity index (χ1n) is 8.06. The molecule has 3 rings (SSSR count). The first kappa shape index (κ1) is 15.9. The molecular formula is C18H25N3O2. The maximum atomic E-state index is 12.9. The van der Waals surface area contributed by atoms with Gasteiger partial charge in [-0.3, -0.25) is 4.79 Å². The van der Waals surface area contributed by atoms with Crippen molar-refractivity contribution in [2.75, 3.05) is 18.6 Å². The summed E-state index contributed by atoms with van der Waals surface area (Å²) in [6.07, 6.45) is 2.60. The molecule has 0 spiro atoms. The third-order valence-electron chi connectivity index (χ3n) is 4.63. The van der Waals surface area contributed by atoms with E-state index in [1.54, 1.807) is 0 Å². The van der Waals surface area contributed by atoms with E-state index in [0.29, 0.717) is 6.42 Å². The molecule has 1 amide bonds. The Labute approximate surface area is 136 Å². The van der Waals surface area contributed by atoms with Crippen LogP contribution < -0.4 is 10.2 Å². The summed E-state index contributed by atoms with van der Waals surface area (Å²) in [6, 6.07) is 5.52. The number of hydrogen-bond acceptors (Lipinski definition) is 3. The second-order valence-electron chi connectivity index (χ2n) is 7.49. The quantitative estimate of drug-likeness (QED) is 0.754. The number of carbonyl (C=O) groups is 1. The second-order valence-corrected chi connectivity index (χ2v) is 7.49. The fourth-order valence-corrected chi connectivity index (χ4v) is 3.69. The summed E-state index contributed by atoms with van der Waals surface area (Å²) in [7, 11) is 1.97. The number of H-pyrrole nitrogens is 1. The lowest BCUT2D eigenvalue weighted by Gasteiger charge is -2.38. The van der Waals surface area contributed by atoms with Crippen LogP contribution in [0.2, 0.25) is 0 Å². The Balaban J connectivity index is 2.23. The van der Waals surface area contributed by atoms with Crippen LogP contribution in [0.4, 0.5) is 5.69 Å². The van der Waals surface area contributed by atoms with E-state index < -0.39 is 0 Å². The third kappa shape index (κ3) is 2.70. The standard InChI is InChI=1S/C18H25N3O2/c1-18(2,3)16-17(23)20-12(10-22)8-11-9-19-13-6-5-7-14(15(11)13)21(16)4/h5-7,9,12,16,19,22H,8,10H2,1-4H3,(H,20,23)/t12-,16+/m0/s1. The van der Waals surface area contributed by atoms with Crippen molar-refractivity contribution in [3.63, 3.8) is 0 Å². The fraction of sp³-hybridized carbons (Fsp3) is 0.500. The van der Waals surface area contributed by atoms with Gasteiger partial charge in [-0.1, -0.05) is 26.8 Å². The number of rotatable bonds is 1. The molecule has 2 heterocycles. The second kappa shape index (κ2) is 5.57. The lowest BCUT2D eigenvalue weighted by Crippen LogP contribution is -2.55. The minimum atomic E-state index is -0.317. The van der Waals surface area contributed by atoms with E-state index in [0.717, 1.165) is 22.2 Å². The summed E-state index contributed by atoms with van der Waals surface area (Å²) in [5.74, 6) is -0.0369. The van der Waals surface area contributed by atoms with Crippen LogP contribution in [0.15, 0.2) is 24.4 Å². The summed E-state index contributed by atoms with van der Waals surface area (Å²) >= 11 is 0. The van der Waals surface area contributed by atoms with Gasteiger partial charge in [0.05, 0.1) is 12.6 Å². The third-order valence-corrected chi connectivity index (χ3v) is 4.63. The molecule has 1 aliphatic rings. The van der Waals surface area contributed by atoms with Gasteiger partial charge in [-0.25, -0.2) is 0 Å². The van der Waals surface area contributed by atoms with E-state index >= 15 is 0 Å². The van der Waals surface area contributed by atoms with Crippen molar-refractivity contribution in [2.24, 2.45) is 5.41 Å². The Bertz CT molecular complexity index is 729. The summed E-state index contributed by atoms with van der Waals surface area (Å²) in [5.41, 5.74) is 2.99. The first-order valence-corrected chi connectivity index (χ1v) is 8.06. The van der Waals surface area contributed by atoms with Crippen molar-refractivity contribution in [3.05, 3.63) is 30.0 Å². The lowest BCUT2D eigenvalue weighted by molar-refractivity contribution is -0.125. The Morgan fingerprint density at radius 3 is 2.74 bits per heavy atom. The summed E-state index contributed by atoms with van der Waals surface area (Å²) < 4.78 is 0. The van der Waals surface area contributed by atoms with Crippen molar-refractivity contribution < 1.29 is 9.90 Å². The van der Waals surface area contributed by atoms with Crippen LogP contribution in [0.5, 0.6) is 0 Å². The molecule has 0 saturated carbocycles. The average Bonchev–Trinajstić information content (AvgIpc) is 2.88. The molecular weight excluding hydrogens is 290 g/mol. The predicted octanol–water partition coefficient (Wildman–Crippen LogP) is 2.05. The minimum Gasteiger partial charge on any atom is -0.394 e. The van der Waals surface area contributed by atoms with Crippen molar-refractivity contribution in [3.8, 4) is 0 Å². The van der Waals surface area contributed by atoms with E-state index in [1.165, 1.54) is 0 Å². The molecule has 23 heavy (non-hydrogen) atoms. The molecule has 0 bridgehead atoms. The molecule has 5 heteroatoms. The number of anilines is 1. The molecule has 0 saturated heterocycles. The van der Waals surface area contributed by atoms with Gasteiger partial charge < -0.3 is 20.3 Å². The van der Waals surface area contributed by atoms with Gasteiger partial charge in [-0.15, -0.1) is 0 Å². The van der Waals surface area contributed by atoms with Crippen molar-refractivity contribution >= 4 is 22.5 Å². The van der Waals surface area contributed by atoms with Gasteiger partial charge >= 0.3 is 0 Å². The highest BCUT2D eigenvalue weighted by atomic mass is 16.3. The molecule has 1 aromatic carbocycles. The van der Waals surface area contributed by atoms with E-state index in [9.17, 15) is 9.90 Å². The highest BCUT2D eigenvalue weighted by Gasteiger charge is 2.37.